The molecule has 7 radical (unpaired) electrons. The molecule has 0 heterocycles. The van der Waals surface area contributed by atoms with Gasteiger partial charge in [-0.15, -0.1) is 0 Å². The maximum absolute atomic E-state index is 0. The van der Waals surface area contributed by atoms with E-state index in [2.05, 4.69) is 0 Å². The van der Waals surface area contributed by atoms with Crippen molar-refractivity contribution in [3.05, 3.63) is 0 Å². The second kappa shape index (κ2) is 16.3. The molecule has 0 unspecified atom stereocenters. The molecule has 0 amide bonds. The number of hydrogen-bond donors (Lipinski definition) is 0. The Balaban J connectivity index is 0. The van der Waals surface area contributed by atoms with Crippen molar-refractivity contribution >= 4 is 50.1 Å². The van der Waals surface area contributed by atoms with Gasteiger partial charge in [-0.1, -0.05) is 0 Å². The molecular formula is BiCdPdSn. The van der Waals surface area contributed by atoms with E-state index in [1.54, 1.807) is 0 Å². The van der Waals surface area contributed by atoms with Crippen molar-refractivity contribution in [2.45, 2.75) is 0 Å². The van der Waals surface area contributed by atoms with E-state index >= 15 is 0 Å². The zero-order valence-electron chi connectivity index (χ0n) is 1.97. The Morgan fingerprint density at radius 3 is 1.00 bits per heavy atom. The van der Waals surface area contributed by atoms with E-state index in [-0.39, 0.29) is 97.8 Å². The molecule has 0 saturated carbocycles. The van der Waals surface area contributed by atoms with Crippen molar-refractivity contribution in [1.82, 2.24) is 0 Å². The van der Waals surface area contributed by atoms with Crippen molar-refractivity contribution in [2.75, 3.05) is 0 Å². The normalized spacial score (nSPS) is 0. The first-order chi connectivity index (χ1) is 0. The molecule has 0 aliphatic rings. The first-order valence-corrected chi connectivity index (χ1v) is 0. The molecule has 0 aromatic rings. The number of hydrogen-bond acceptors (Lipinski definition) is 0. The van der Waals surface area contributed by atoms with E-state index in [1.165, 1.54) is 0 Å². The Labute approximate surface area is 95.8 Å². The van der Waals surface area contributed by atoms with Gasteiger partial charge in [-0.05, 0) is 0 Å². The first kappa shape index (κ1) is 26.7. The molecule has 4 heteroatoms. The predicted molar refractivity (Wildman–Crippen MR) is 11.5 cm³/mol. The molecular weight excluding hydrogens is 547 g/mol. The van der Waals surface area contributed by atoms with E-state index in [0.29, 0.717) is 0 Å². The standard InChI is InChI=1S/Bi.Cd.Pd.Sn. The van der Waals surface area contributed by atoms with E-state index < -0.39 is 0 Å². The van der Waals surface area contributed by atoms with Gasteiger partial charge in [0.25, 0.3) is 0 Å². The van der Waals surface area contributed by atoms with E-state index in [0.717, 1.165) is 0 Å². The van der Waals surface area contributed by atoms with Crippen LogP contribution >= 0.6 is 0 Å². The maximum Gasteiger partial charge on any atom is 0 e. The van der Waals surface area contributed by atoms with Crippen LogP contribution in [-0.2, 0) is 47.7 Å². The Morgan fingerprint density at radius 2 is 1.00 bits per heavy atom. The zero-order valence-corrected chi connectivity index (χ0v) is 13.9. The van der Waals surface area contributed by atoms with Crippen LogP contribution in [0.3, 0.4) is 0 Å². The molecule has 21 valence electrons. The molecule has 0 aliphatic heterocycles. The van der Waals surface area contributed by atoms with Crippen molar-refractivity contribution in [2.24, 2.45) is 0 Å². The van der Waals surface area contributed by atoms with Crippen molar-refractivity contribution < 1.29 is 47.7 Å². The summed E-state index contributed by atoms with van der Waals surface area (Å²) in [5.41, 5.74) is 0. The molecule has 0 aliphatic carbocycles. The minimum atomic E-state index is 0. The molecule has 0 aromatic carbocycles. The molecule has 0 bridgehead atoms. The Kier molecular flexibility index (Phi) is 109. The summed E-state index contributed by atoms with van der Waals surface area (Å²) in [5, 5.41) is 0. The summed E-state index contributed by atoms with van der Waals surface area (Å²) < 4.78 is 0. The second-order valence-electron chi connectivity index (χ2n) is 0. The van der Waals surface area contributed by atoms with Gasteiger partial charge in [-0.25, -0.2) is 0 Å². The van der Waals surface area contributed by atoms with Crippen LogP contribution in [0.15, 0.2) is 0 Å². The quantitative estimate of drug-likeness (QED) is 0.351. The minimum absolute atomic E-state index is 0. The predicted octanol–water partition coefficient (Wildman–Crippen LogP) is -0.767. The van der Waals surface area contributed by atoms with Crippen molar-refractivity contribution in [3.8, 4) is 0 Å². The Morgan fingerprint density at radius 1 is 1.00 bits per heavy atom. The maximum atomic E-state index is 0. The van der Waals surface area contributed by atoms with Crippen LogP contribution in [0.2, 0.25) is 0 Å². The van der Waals surface area contributed by atoms with Gasteiger partial charge in [0.1, 0.15) is 0 Å². The molecule has 0 saturated heterocycles. The van der Waals surface area contributed by atoms with Crippen LogP contribution in [0.4, 0.5) is 0 Å². The van der Waals surface area contributed by atoms with Gasteiger partial charge in [-0.3, -0.25) is 0 Å². The van der Waals surface area contributed by atoms with E-state index in [4.69, 9.17) is 0 Å². The summed E-state index contributed by atoms with van der Waals surface area (Å²) in [7, 11) is 0. The van der Waals surface area contributed by atoms with Crippen LogP contribution in [0.1, 0.15) is 0 Å². The average molecular weight is 547 g/mol. The third-order valence-corrected chi connectivity index (χ3v) is 0. The van der Waals surface area contributed by atoms with Crippen LogP contribution in [-0.4, -0.2) is 50.1 Å². The van der Waals surface area contributed by atoms with Crippen LogP contribution < -0.4 is 0 Å². The van der Waals surface area contributed by atoms with Gasteiger partial charge in [0.05, 0.1) is 0 Å². The van der Waals surface area contributed by atoms with Gasteiger partial charge in [-0.2, -0.15) is 0 Å². The third-order valence-electron chi connectivity index (χ3n) is 0. The van der Waals surface area contributed by atoms with Crippen molar-refractivity contribution in [3.63, 3.8) is 0 Å². The molecule has 0 rings (SSSR count). The first-order valence-electron chi connectivity index (χ1n) is 0. The Hall–Kier alpha value is 3.27. The largest absolute Gasteiger partial charge is 0 e. The second-order valence-corrected chi connectivity index (χ2v) is 0. The summed E-state index contributed by atoms with van der Waals surface area (Å²) in [6.45, 7) is 0. The van der Waals surface area contributed by atoms with Gasteiger partial charge in [0, 0.05) is 97.8 Å². The van der Waals surface area contributed by atoms with Gasteiger partial charge in [0.2, 0.25) is 0 Å². The fraction of sp³-hybridized carbons (Fsp3) is 0. The minimum Gasteiger partial charge on any atom is 0 e. The van der Waals surface area contributed by atoms with Crippen LogP contribution in [0, 0.1) is 0 Å². The van der Waals surface area contributed by atoms with E-state index in [9.17, 15) is 0 Å². The summed E-state index contributed by atoms with van der Waals surface area (Å²) in [6, 6.07) is 0. The third kappa shape index (κ3) is 8.98. The fourth-order valence-electron chi connectivity index (χ4n) is 0. The average Bonchev–Trinajstić information content (AvgIpc) is 0. The molecule has 0 spiro atoms. The van der Waals surface area contributed by atoms with Crippen LogP contribution in [0.25, 0.3) is 0 Å². The summed E-state index contributed by atoms with van der Waals surface area (Å²) in [5.74, 6) is 0. The van der Waals surface area contributed by atoms with Gasteiger partial charge < -0.3 is 0 Å². The van der Waals surface area contributed by atoms with Gasteiger partial charge >= 0.3 is 0 Å². The molecule has 0 fully saturated rings. The SMILES string of the molecule is [Bi].[Cd].[Pd].[Sn]. The van der Waals surface area contributed by atoms with Crippen molar-refractivity contribution in [1.29, 1.82) is 0 Å². The summed E-state index contributed by atoms with van der Waals surface area (Å²) in [6.07, 6.45) is 0. The monoisotopic (exact) mass is 549 g/mol. The smallest absolute Gasteiger partial charge is 0 e. The zero-order chi connectivity index (χ0) is 0. The number of rotatable bonds is 0. The molecule has 4 heavy (non-hydrogen) atoms. The fourth-order valence-corrected chi connectivity index (χ4v) is 0. The molecule has 0 N–H and O–H groups in total. The van der Waals surface area contributed by atoms with E-state index in [1.807, 2.05) is 0 Å². The summed E-state index contributed by atoms with van der Waals surface area (Å²) in [4.78, 5) is 0. The molecule has 0 atom stereocenters. The Bertz CT molecular complexity index is 8.00. The molecule has 0 aromatic heterocycles. The summed E-state index contributed by atoms with van der Waals surface area (Å²) >= 11 is 0. The topological polar surface area (TPSA) is 0 Å². The molecule has 0 nitrogen and oxygen atoms in total. The van der Waals surface area contributed by atoms with Gasteiger partial charge in [0.15, 0.2) is 0 Å². The van der Waals surface area contributed by atoms with Crippen LogP contribution in [0.5, 0.6) is 0 Å².